The van der Waals surface area contributed by atoms with Crippen LogP contribution in [0.4, 0.5) is 0 Å². The number of halogens is 1. The van der Waals surface area contributed by atoms with Crippen LogP contribution in [-0.4, -0.2) is 25.5 Å². The van der Waals surface area contributed by atoms with Crippen molar-refractivity contribution in [2.75, 3.05) is 0 Å². The molecule has 1 aromatic rings. The van der Waals surface area contributed by atoms with Crippen LogP contribution in [0, 0.1) is 5.92 Å². The standard InChI is InChI=1S/C10H14ClN3O3S2/c11-8-4-5-9(18-8)19(16,17)14-7-3-1-2-6(7)10(12)13-15/h4-7,14-15H,1-3H2,(H2,12,13). The Hall–Kier alpha value is -0.830. The largest absolute Gasteiger partial charge is 0.409 e. The van der Waals surface area contributed by atoms with Gasteiger partial charge in [0.2, 0.25) is 10.0 Å². The third-order valence-electron chi connectivity index (χ3n) is 3.13. The van der Waals surface area contributed by atoms with Crippen molar-refractivity contribution in [1.82, 2.24) is 4.72 Å². The first-order valence-electron chi connectivity index (χ1n) is 5.69. The predicted octanol–water partition coefficient (Wildman–Crippen LogP) is 1.59. The lowest BCUT2D eigenvalue weighted by Gasteiger charge is -2.19. The van der Waals surface area contributed by atoms with Crippen molar-refractivity contribution >= 4 is 38.8 Å². The van der Waals surface area contributed by atoms with Crippen LogP contribution in [0.3, 0.4) is 0 Å². The first-order valence-corrected chi connectivity index (χ1v) is 8.37. The molecule has 0 aromatic carbocycles. The van der Waals surface area contributed by atoms with Gasteiger partial charge in [0.1, 0.15) is 10.0 Å². The van der Waals surface area contributed by atoms with Gasteiger partial charge in [-0.05, 0) is 25.0 Å². The van der Waals surface area contributed by atoms with Gasteiger partial charge in [0.05, 0.1) is 4.34 Å². The van der Waals surface area contributed by atoms with Crippen molar-refractivity contribution in [3.63, 3.8) is 0 Å². The molecule has 1 aromatic heterocycles. The lowest BCUT2D eigenvalue weighted by molar-refractivity contribution is 0.312. The van der Waals surface area contributed by atoms with E-state index in [0.717, 1.165) is 17.8 Å². The Labute approximate surface area is 120 Å². The monoisotopic (exact) mass is 323 g/mol. The normalized spacial score (nSPS) is 24.8. The Morgan fingerprint density at radius 1 is 1.53 bits per heavy atom. The third kappa shape index (κ3) is 3.19. The lowest BCUT2D eigenvalue weighted by Crippen LogP contribution is -2.42. The molecule has 19 heavy (non-hydrogen) atoms. The number of amidine groups is 1. The molecule has 4 N–H and O–H groups in total. The minimum absolute atomic E-state index is 0.0643. The van der Waals surface area contributed by atoms with Crippen molar-refractivity contribution in [3.8, 4) is 0 Å². The van der Waals surface area contributed by atoms with Crippen LogP contribution in [0.25, 0.3) is 0 Å². The topological polar surface area (TPSA) is 105 Å². The number of hydrogen-bond donors (Lipinski definition) is 3. The molecule has 1 aliphatic rings. The third-order valence-corrected chi connectivity index (χ3v) is 6.34. The van der Waals surface area contributed by atoms with Crippen LogP contribution in [-0.2, 0) is 10.0 Å². The van der Waals surface area contributed by atoms with Crippen molar-refractivity contribution < 1.29 is 13.6 Å². The Balaban J connectivity index is 2.16. The Kier molecular flexibility index (Phi) is 4.34. The van der Waals surface area contributed by atoms with E-state index in [4.69, 9.17) is 22.5 Å². The van der Waals surface area contributed by atoms with Crippen molar-refractivity contribution in [2.24, 2.45) is 16.8 Å². The van der Waals surface area contributed by atoms with Crippen LogP contribution < -0.4 is 10.5 Å². The van der Waals surface area contributed by atoms with Gasteiger partial charge in [-0.25, -0.2) is 13.1 Å². The molecule has 0 amide bonds. The number of thiophene rings is 1. The van der Waals surface area contributed by atoms with Gasteiger partial charge in [-0.15, -0.1) is 11.3 Å². The molecule has 0 bridgehead atoms. The lowest BCUT2D eigenvalue weighted by atomic mass is 10.0. The molecule has 6 nitrogen and oxygen atoms in total. The van der Waals surface area contributed by atoms with Crippen molar-refractivity contribution in [2.45, 2.75) is 29.5 Å². The molecule has 0 aliphatic heterocycles. The molecule has 0 saturated heterocycles. The van der Waals surface area contributed by atoms with Crippen LogP contribution in [0.15, 0.2) is 21.5 Å². The van der Waals surface area contributed by atoms with Gasteiger partial charge >= 0.3 is 0 Å². The molecular formula is C10H14ClN3O3S2. The van der Waals surface area contributed by atoms with Gasteiger partial charge < -0.3 is 10.9 Å². The summed E-state index contributed by atoms with van der Waals surface area (Å²) in [6.45, 7) is 0. The van der Waals surface area contributed by atoms with E-state index in [1.54, 1.807) is 0 Å². The van der Waals surface area contributed by atoms with E-state index in [2.05, 4.69) is 9.88 Å². The Bertz CT molecular complexity index is 585. The van der Waals surface area contributed by atoms with Crippen LogP contribution in [0.1, 0.15) is 19.3 Å². The molecule has 2 atom stereocenters. The molecule has 9 heteroatoms. The SMILES string of the molecule is NC(=NO)C1CCCC1NS(=O)(=O)c1ccc(Cl)s1. The van der Waals surface area contributed by atoms with Gasteiger partial charge in [0.15, 0.2) is 0 Å². The van der Waals surface area contributed by atoms with Gasteiger partial charge in [0.25, 0.3) is 0 Å². The summed E-state index contributed by atoms with van der Waals surface area (Å²) in [5, 5.41) is 11.7. The van der Waals surface area contributed by atoms with E-state index in [-0.39, 0.29) is 22.0 Å². The van der Waals surface area contributed by atoms with E-state index in [1.807, 2.05) is 0 Å². The first kappa shape index (κ1) is 14.6. The number of nitrogens with zero attached hydrogens (tertiary/aromatic N) is 1. The van der Waals surface area contributed by atoms with Crippen LogP contribution in [0.5, 0.6) is 0 Å². The van der Waals surface area contributed by atoms with Gasteiger partial charge in [-0.3, -0.25) is 0 Å². The predicted molar refractivity (Wildman–Crippen MR) is 74.2 cm³/mol. The van der Waals surface area contributed by atoms with E-state index < -0.39 is 10.0 Å². The second-order valence-electron chi connectivity index (χ2n) is 4.35. The maximum atomic E-state index is 12.2. The van der Waals surface area contributed by atoms with Gasteiger partial charge in [-0.1, -0.05) is 23.2 Å². The molecule has 106 valence electrons. The van der Waals surface area contributed by atoms with Gasteiger partial charge in [-0.2, -0.15) is 0 Å². The maximum Gasteiger partial charge on any atom is 0.250 e. The molecule has 2 unspecified atom stereocenters. The summed E-state index contributed by atoms with van der Waals surface area (Å²) in [6.07, 6.45) is 2.20. The minimum Gasteiger partial charge on any atom is -0.409 e. The summed E-state index contributed by atoms with van der Waals surface area (Å²) in [6, 6.07) is 2.65. The fraction of sp³-hybridized carbons (Fsp3) is 0.500. The fourth-order valence-electron chi connectivity index (χ4n) is 2.23. The van der Waals surface area contributed by atoms with E-state index in [9.17, 15) is 8.42 Å². The Morgan fingerprint density at radius 3 is 2.84 bits per heavy atom. The molecule has 0 radical (unpaired) electrons. The van der Waals surface area contributed by atoms with E-state index in [0.29, 0.717) is 17.2 Å². The molecule has 1 heterocycles. The van der Waals surface area contributed by atoms with E-state index >= 15 is 0 Å². The van der Waals surface area contributed by atoms with Crippen LogP contribution >= 0.6 is 22.9 Å². The average Bonchev–Trinajstić information content (AvgIpc) is 2.97. The average molecular weight is 324 g/mol. The Morgan fingerprint density at radius 2 is 2.26 bits per heavy atom. The molecule has 1 fully saturated rings. The quantitative estimate of drug-likeness (QED) is 0.339. The number of nitrogens with two attached hydrogens (primary N) is 1. The summed E-state index contributed by atoms with van der Waals surface area (Å²) >= 11 is 6.74. The van der Waals surface area contributed by atoms with Gasteiger partial charge in [0, 0.05) is 12.0 Å². The molecule has 1 saturated carbocycles. The van der Waals surface area contributed by atoms with Crippen LogP contribution in [0.2, 0.25) is 4.34 Å². The highest BCUT2D eigenvalue weighted by molar-refractivity contribution is 7.91. The molecule has 1 aliphatic carbocycles. The molecular weight excluding hydrogens is 310 g/mol. The highest BCUT2D eigenvalue weighted by Gasteiger charge is 2.34. The summed E-state index contributed by atoms with van der Waals surface area (Å²) < 4.78 is 27.5. The zero-order valence-electron chi connectivity index (χ0n) is 9.91. The second-order valence-corrected chi connectivity index (χ2v) is 8.00. The summed E-state index contributed by atoms with van der Waals surface area (Å²) in [5.74, 6) is -0.204. The number of oxime groups is 1. The smallest absolute Gasteiger partial charge is 0.250 e. The molecule has 0 spiro atoms. The maximum absolute atomic E-state index is 12.2. The zero-order valence-corrected chi connectivity index (χ0v) is 12.3. The number of nitrogens with one attached hydrogen (secondary N) is 1. The summed E-state index contributed by atoms with van der Waals surface area (Å²) in [4.78, 5) is 0. The van der Waals surface area contributed by atoms with Crippen molar-refractivity contribution in [3.05, 3.63) is 16.5 Å². The van der Waals surface area contributed by atoms with E-state index in [1.165, 1.54) is 12.1 Å². The highest BCUT2D eigenvalue weighted by atomic mass is 35.5. The van der Waals surface area contributed by atoms with Crippen molar-refractivity contribution in [1.29, 1.82) is 0 Å². The highest BCUT2D eigenvalue weighted by Crippen LogP contribution is 2.30. The zero-order chi connectivity index (χ0) is 14.0. The number of hydrogen-bond acceptors (Lipinski definition) is 5. The first-order chi connectivity index (χ1) is 8.94. The summed E-state index contributed by atoms with van der Waals surface area (Å²) in [5.41, 5.74) is 5.58. The number of rotatable bonds is 4. The molecule has 2 rings (SSSR count). The number of sulfonamides is 1. The second kappa shape index (κ2) is 5.66. The summed E-state index contributed by atoms with van der Waals surface area (Å²) in [7, 11) is -3.61. The fourth-order valence-corrected chi connectivity index (χ4v) is 5.04. The minimum atomic E-state index is -3.61.